The molecule has 2 rings (SSSR count). The number of benzene rings is 2. The number of hydrogen-bond acceptors (Lipinski definition) is 3. The van der Waals surface area contributed by atoms with Crippen molar-refractivity contribution in [2.24, 2.45) is 0 Å². The van der Waals surface area contributed by atoms with Crippen molar-refractivity contribution < 1.29 is 19.9 Å². The van der Waals surface area contributed by atoms with Gasteiger partial charge in [-0.15, -0.1) is 0 Å². The molecule has 0 radical (unpaired) electrons. The fourth-order valence-corrected chi connectivity index (χ4v) is 2.00. The largest absolute Gasteiger partial charge is 0.480 e. The molecule has 1 atom stereocenters. The number of amides is 2. The van der Waals surface area contributed by atoms with Gasteiger partial charge >= 0.3 is 12.0 Å². The van der Waals surface area contributed by atoms with E-state index < -0.39 is 18.0 Å². The molecular formula is C16H16N3O4+. The predicted octanol–water partition coefficient (Wildman–Crippen LogP) is 0.982. The number of nitroso groups, excluding NO2 is 1. The molecule has 4 N–H and O–H groups in total. The highest BCUT2D eigenvalue weighted by Crippen LogP contribution is 2.10. The zero-order valence-corrected chi connectivity index (χ0v) is 12.2. The van der Waals surface area contributed by atoms with Crippen LogP contribution in [0.25, 0.3) is 0 Å². The van der Waals surface area contributed by atoms with Crippen LogP contribution in [0.4, 0.5) is 16.2 Å². The van der Waals surface area contributed by atoms with Crippen LogP contribution in [-0.2, 0) is 11.2 Å². The van der Waals surface area contributed by atoms with Gasteiger partial charge in [-0.05, 0) is 17.7 Å². The molecule has 7 nitrogen and oxygen atoms in total. The summed E-state index contributed by atoms with van der Waals surface area (Å²) < 4.78 is 0. The van der Waals surface area contributed by atoms with E-state index in [1.165, 1.54) is 24.3 Å². The molecule has 0 spiro atoms. The quantitative estimate of drug-likeness (QED) is 0.637. The van der Waals surface area contributed by atoms with Crippen LogP contribution in [0, 0.1) is 4.91 Å². The minimum atomic E-state index is -1.12. The zero-order valence-electron chi connectivity index (χ0n) is 12.2. The van der Waals surface area contributed by atoms with Crippen molar-refractivity contribution in [3.63, 3.8) is 0 Å². The summed E-state index contributed by atoms with van der Waals surface area (Å²) >= 11 is 0. The summed E-state index contributed by atoms with van der Waals surface area (Å²) in [6.45, 7) is 0. The summed E-state index contributed by atoms with van der Waals surface area (Å²) in [5.41, 5.74) is 1.62. The topological polar surface area (TPSA) is 109 Å². The van der Waals surface area contributed by atoms with Crippen molar-refractivity contribution in [1.82, 2.24) is 5.32 Å². The Morgan fingerprint density at radius 1 is 1.04 bits per heavy atom. The lowest BCUT2D eigenvalue weighted by Crippen LogP contribution is -2.55. The van der Waals surface area contributed by atoms with E-state index in [9.17, 15) is 19.6 Å². The highest BCUT2D eigenvalue weighted by Gasteiger charge is 2.20. The van der Waals surface area contributed by atoms with Gasteiger partial charge in [-0.1, -0.05) is 30.3 Å². The second-order valence-electron chi connectivity index (χ2n) is 4.86. The first-order chi connectivity index (χ1) is 11.1. The number of aliphatic carboxylic acids is 1. The molecule has 0 heterocycles. The van der Waals surface area contributed by atoms with Gasteiger partial charge in [-0.2, -0.15) is 0 Å². The van der Waals surface area contributed by atoms with Crippen molar-refractivity contribution in [2.45, 2.75) is 12.5 Å². The van der Waals surface area contributed by atoms with Gasteiger partial charge in [0.25, 0.3) is 5.69 Å². The Labute approximate surface area is 132 Å². The van der Waals surface area contributed by atoms with Gasteiger partial charge in [0.15, 0.2) is 0 Å². The molecule has 2 amide bonds. The maximum absolute atomic E-state index is 11.9. The maximum atomic E-state index is 11.9. The SMILES string of the molecule is O=[NH+]c1ccc(NC(=O)NC(Cc2ccccc2)C(=O)O)cc1. The number of carbonyl (C=O) groups is 2. The molecule has 0 aromatic heterocycles. The molecule has 2 aromatic rings. The van der Waals surface area contributed by atoms with E-state index in [-0.39, 0.29) is 6.42 Å². The summed E-state index contributed by atoms with van der Waals surface area (Å²) in [7, 11) is 0. The first-order valence-electron chi connectivity index (χ1n) is 6.91. The number of rotatable bonds is 6. The minimum absolute atomic E-state index is 0.183. The molecule has 0 aliphatic rings. The number of urea groups is 1. The lowest BCUT2D eigenvalue weighted by Gasteiger charge is -2.15. The number of carboxylic acid groups (broad SMARTS) is 1. The van der Waals surface area contributed by atoms with E-state index in [4.69, 9.17) is 0 Å². The van der Waals surface area contributed by atoms with Crippen LogP contribution in [0.1, 0.15) is 5.56 Å². The molecule has 0 fully saturated rings. The molecule has 0 saturated heterocycles. The fourth-order valence-electron chi connectivity index (χ4n) is 2.00. The van der Waals surface area contributed by atoms with Crippen molar-refractivity contribution in [2.75, 3.05) is 5.32 Å². The van der Waals surface area contributed by atoms with Crippen molar-refractivity contribution in [1.29, 1.82) is 0 Å². The molecule has 0 bridgehead atoms. The van der Waals surface area contributed by atoms with Crippen LogP contribution in [0.5, 0.6) is 0 Å². The van der Waals surface area contributed by atoms with E-state index in [0.717, 1.165) is 5.56 Å². The number of carbonyl (C=O) groups excluding carboxylic acids is 1. The van der Waals surface area contributed by atoms with Gasteiger partial charge in [-0.25, -0.2) is 9.59 Å². The average Bonchev–Trinajstić information content (AvgIpc) is 2.56. The van der Waals surface area contributed by atoms with Crippen molar-refractivity contribution in [3.8, 4) is 0 Å². The van der Waals surface area contributed by atoms with Gasteiger partial charge in [0, 0.05) is 34.3 Å². The molecule has 0 aliphatic heterocycles. The second-order valence-corrected chi connectivity index (χ2v) is 4.86. The van der Waals surface area contributed by atoms with Crippen LogP contribution in [0.15, 0.2) is 54.6 Å². The molecule has 23 heavy (non-hydrogen) atoms. The predicted molar refractivity (Wildman–Crippen MR) is 84.2 cm³/mol. The normalized spacial score (nSPS) is 11.3. The molecule has 7 heteroatoms. The molecule has 1 unspecified atom stereocenters. The Balaban J connectivity index is 1.97. The monoisotopic (exact) mass is 314 g/mol. The van der Waals surface area contributed by atoms with Gasteiger partial charge < -0.3 is 15.7 Å². The first-order valence-corrected chi connectivity index (χ1v) is 6.91. The summed E-state index contributed by atoms with van der Waals surface area (Å²) in [6.07, 6.45) is 0.183. The average molecular weight is 314 g/mol. The first kappa shape index (κ1) is 16.2. The Kier molecular flexibility index (Phi) is 5.40. The van der Waals surface area contributed by atoms with Gasteiger partial charge in [-0.3, -0.25) is 0 Å². The van der Waals surface area contributed by atoms with Gasteiger partial charge in [0.2, 0.25) is 0 Å². The Bertz CT molecular complexity index is 686. The van der Waals surface area contributed by atoms with Crippen LogP contribution < -0.4 is 15.8 Å². The maximum Gasteiger partial charge on any atom is 0.326 e. The number of hydrogen-bond donors (Lipinski definition) is 4. The summed E-state index contributed by atoms with van der Waals surface area (Å²) in [5.74, 6) is -1.12. The van der Waals surface area contributed by atoms with Crippen LogP contribution in [0.2, 0.25) is 0 Å². The van der Waals surface area contributed by atoms with Crippen molar-refractivity contribution >= 4 is 23.4 Å². The highest BCUT2D eigenvalue weighted by molar-refractivity contribution is 5.92. The van der Waals surface area contributed by atoms with Crippen LogP contribution >= 0.6 is 0 Å². The number of carboxylic acids is 1. The standard InChI is InChI=1S/C16H15N3O4/c20-15(21)14(10-11-4-2-1-3-5-11)18-16(22)17-12-6-8-13(19-23)9-7-12/h1-9,14H,10H2,(H,20,21)(H2,17,18,22)/p+1. The Morgan fingerprint density at radius 2 is 1.70 bits per heavy atom. The third kappa shape index (κ3) is 4.92. The number of anilines is 1. The lowest BCUT2D eigenvalue weighted by atomic mass is 10.1. The summed E-state index contributed by atoms with van der Waals surface area (Å²) in [6, 6.07) is 13.4. The highest BCUT2D eigenvalue weighted by atomic mass is 16.4. The van der Waals surface area contributed by atoms with Crippen LogP contribution in [-0.4, -0.2) is 23.1 Å². The summed E-state index contributed by atoms with van der Waals surface area (Å²) in [4.78, 5) is 33.6. The minimum Gasteiger partial charge on any atom is -0.480 e. The van der Waals surface area contributed by atoms with E-state index in [2.05, 4.69) is 10.6 Å². The smallest absolute Gasteiger partial charge is 0.326 e. The molecule has 118 valence electrons. The number of nitrogens with one attached hydrogen (secondary N) is 3. The second kappa shape index (κ2) is 7.69. The third-order valence-electron chi connectivity index (χ3n) is 3.15. The van der Waals surface area contributed by atoms with Crippen molar-refractivity contribution in [3.05, 3.63) is 65.1 Å². The lowest BCUT2D eigenvalue weighted by molar-refractivity contribution is -0.379. The Morgan fingerprint density at radius 3 is 2.26 bits per heavy atom. The third-order valence-corrected chi connectivity index (χ3v) is 3.15. The van der Waals surface area contributed by atoms with E-state index in [0.29, 0.717) is 11.4 Å². The molecular weight excluding hydrogens is 298 g/mol. The van der Waals surface area contributed by atoms with E-state index in [1.807, 2.05) is 6.07 Å². The van der Waals surface area contributed by atoms with Gasteiger partial charge in [0.05, 0.1) is 0 Å². The molecule has 0 saturated carbocycles. The van der Waals surface area contributed by atoms with Crippen LogP contribution in [0.3, 0.4) is 0 Å². The molecule has 0 aliphatic carbocycles. The van der Waals surface area contributed by atoms with E-state index >= 15 is 0 Å². The molecule has 2 aromatic carbocycles. The summed E-state index contributed by atoms with van der Waals surface area (Å²) in [5, 5.41) is 15.9. The zero-order chi connectivity index (χ0) is 16.7. The van der Waals surface area contributed by atoms with Gasteiger partial charge in [0.1, 0.15) is 6.04 Å². The fraction of sp³-hybridized carbons (Fsp3) is 0.125. The van der Waals surface area contributed by atoms with E-state index in [1.54, 1.807) is 29.4 Å². The Hall–Kier alpha value is -3.22.